The summed E-state index contributed by atoms with van der Waals surface area (Å²) >= 11 is 0. The van der Waals surface area contributed by atoms with E-state index in [1.807, 2.05) is 53.1 Å². The van der Waals surface area contributed by atoms with Gasteiger partial charge in [-0.3, -0.25) is 4.79 Å². The summed E-state index contributed by atoms with van der Waals surface area (Å²) in [6.45, 7) is 0. The Morgan fingerprint density at radius 3 is 2.68 bits per heavy atom. The molecule has 0 bridgehead atoms. The maximum atomic E-state index is 10.9. The van der Waals surface area contributed by atoms with Gasteiger partial charge in [0.05, 0.1) is 24.9 Å². The van der Waals surface area contributed by atoms with Crippen LogP contribution >= 0.6 is 0 Å². The van der Waals surface area contributed by atoms with Crippen molar-refractivity contribution in [3.8, 4) is 17.0 Å². The minimum absolute atomic E-state index is 0.0752. The maximum absolute atomic E-state index is 10.9. The highest BCUT2D eigenvalue weighted by Gasteiger charge is 2.14. The van der Waals surface area contributed by atoms with Gasteiger partial charge in [-0.25, -0.2) is 4.98 Å². The Morgan fingerprint density at radius 2 is 2.00 bits per heavy atom. The molecule has 3 aromatic rings. The van der Waals surface area contributed by atoms with Crippen molar-refractivity contribution >= 4 is 11.6 Å². The summed E-state index contributed by atoms with van der Waals surface area (Å²) in [4.78, 5) is 15.6. The monoisotopic (exact) mass is 296 g/mol. The second-order valence-corrected chi connectivity index (χ2v) is 4.96. The molecule has 112 valence electrons. The first-order valence-electron chi connectivity index (χ1n) is 7.01. The van der Waals surface area contributed by atoms with E-state index >= 15 is 0 Å². The van der Waals surface area contributed by atoms with Crippen LogP contribution in [0.15, 0.2) is 48.7 Å². The number of fused-ring (bicyclic) bond motifs is 1. The van der Waals surface area contributed by atoms with E-state index in [0.717, 1.165) is 28.3 Å². The van der Waals surface area contributed by atoms with Crippen molar-refractivity contribution in [3.05, 3.63) is 54.4 Å². The zero-order chi connectivity index (χ0) is 15.5. The van der Waals surface area contributed by atoms with Crippen LogP contribution in [0.25, 0.3) is 16.9 Å². The van der Waals surface area contributed by atoms with Crippen molar-refractivity contribution in [2.75, 3.05) is 7.11 Å². The number of benzene rings is 1. The normalized spacial score (nSPS) is 10.8. The SMILES string of the molecule is COc1ccc(-c2nc3ccccn3c2CCC(=O)O)cc1. The summed E-state index contributed by atoms with van der Waals surface area (Å²) in [6, 6.07) is 13.4. The lowest BCUT2D eigenvalue weighted by molar-refractivity contribution is -0.136. The molecule has 5 heteroatoms. The lowest BCUT2D eigenvalue weighted by Crippen LogP contribution is -2.01. The van der Waals surface area contributed by atoms with E-state index < -0.39 is 5.97 Å². The minimum atomic E-state index is -0.813. The zero-order valence-electron chi connectivity index (χ0n) is 12.2. The number of carboxylic acids is 1. The molecule has 1 N–H and O–H groups in total. The van der Waals surface area contributed by atoms with Gasteiger partial charge in [-0.05, 0) is 36.4 Å². The van der Waals surface area contributed by atoms with Crippen LogP contribution < -0.4 is 4.74 Å². The van der Waals surface area contributed by atoms with Crippen molar-refractivity contribution < 1.29 is 14.6 Å². The van der Waals surface area contributed by atoms with Gasteiger partial charge in [-0.15, -0.1) is 0 Å². The standard InChI is InChI=1S/C17H16N2O3/c1-22-13-7-5-12(6-8-13)17-14(9-10-16(20)21)19-11-3-2-4-15(19)18-17/h2-8,11H,9-10H2,1H3,(H,20,21). The number of carbonyl (C=O) groups is 1. The van der Waals surface area contributed by atoms with Gasteiger partial charge >= 0.3 is 5.97 Å². The van der Waals surface area contributed by atoms with Gasteiger partial charge < -0.3 is 14.2 Å². The molecule has 0 spiro atoms. The van der Waals surface area contributed by atoms with E-state index in [2.05, 4.69) is 4.98 Å². The van der Waals surface area contributed by atoms with Gasteiger partial charge in [0.2, 0.25) is 0 Å². The Kier molecular flexibility index (Phi) is 3.78. The average molecular weight is 296 g/mol. The quantitative estimate of drug-likeness (QED) is 0.786. The number of methoxy groups -OCH3 is 1. The Balaban J connectivity index is 2.09. The molecule has 0 aliphatic rings. The summed E-state index contributed by atoms with van der Waals surface area (Å²) in [5.41, 5.74) is 3.48. The van der Waals surface area contributed by atoms with Gasteiger partial charge in [0, 0.05) is 18.2 Å². The minimum Gasteiger partial charge on any atom is -0.497 e. The molecule has 0 aliphatic heterocycles. The van der Waals surface area contributed by atoms with Crippen LogP contribution in [0.4, 0.5) is 0 Å². The lowest BCUT2D eigenvalue weighted by atomic mass is 10.1. The van der Waals surface area contributed by atoms with Crippen molar-refractivity contribution in [2.24, 2.45) is 0 Å². The van der Waals surface area contributed by atoms with Crippen molar-refractivity contribution in [1.82, 2.24) is 9.38 Å². The molecule has 0 aliphatic carbocycles. The Hall–Kier alpha value is -2.82. The number of aryl methyl sites for hydroxylation is 1. The molecule has 0 saturated heterocycles. The molecule has 2 heterocycles. The maximum Gasteiger partial charge on any atom is 0.303 e. The highest BCUT2D eigenvalue weighted by atomic mass is 16.5. The molecule has 5 nitrogen and oxygen atoms in total. The Morgan fingerprint density at radius 1 is 1.23 bits per heavy atom. The van der Waals surface area contributed by atoms with Crippen molar-refractivity contribution in [1.29, 1.82) is 0 Å². The molecular weight excluding hydrogens is 280 g/mol. The van der Waals surface area contributed by atoms with Gasteiger partial charge in [0.1, 0.15) is 11.4 Å². The first-order chi connectivity index (χ1) is 10.7. The molecule has 0 radical (unpaired) electrons. The summed E-state index contributed by atoms with van der Waals surface area (Å²) in [6.07, 6.45) is 2.42. The topological polar surface area (TPSA) is 63.8 Å². The Bertz CT molecular complexity index is 806. The third-order valence-corrected chi connectivity index (χ3v) is 3.57. The van der Waals surface area contributed by atoms with E-state index in [1.54, 1.807) is 7.11 Å². The van der Waals surface area contributed by atoms with Crippen LogP contribution in [0.5, 0.6) is 5.75 Å². The predicted octanol–water partition coefficient (Wildman–Crippen LogP) is 3.03. The number of ether oxygens (including phenoxy) is 1. The molecule has 0 atom stereocenters. The van der Waals surface area contributed by atoms with Gasteiger partial charge in [-0.2, -0.15) is 0 Å². The first kappa shape index (κ1) is 14.1. The van der Waals surface area contributed by atoms with Crippen LogP contribution in [0.3, 0.4) is 0 Å². The fourth-order valence-corrected chi connectivity index (χ4v) is 2.49. The van der Waals surface area contributed by atoms with E-state index in [1.165, 1.54) is 0 Å². The average Bonchev–Trinajstić information content (AvgIpc) is 2.91. The van der Waals surface area contributed by atoms with Gasteiger partial charge in [-0.1, -0.05) is 6.07 Å². The summed E-state index contributed by atoms with van der Waals surface area (Å²) in [5.74, 6) is -0.0360. The number of carboxylic acid groups (broad SMARTS) is 1. The number of aromatic nitrogens is 2. The second kappa shape index (κ2) is 5.89. The molecule has 22 heavy (non-hydrogen) atoms. The Labute approximate surface area is 127 Å². The number of hydrogen-bond acceptors (Lipinski definition) is 3. The third-order valence-electron chi connectivity index (χ3n) is 3.57. The lowest BCUT2D eigenvalue weighted by Gasteiger charge is -2.05. The number of rotatable bonds is 5. The van der Waals surface area contributed by atoms with Gasteiger partial charge in [0.15, 0.2) is 0 Å². The molecule has 1 aromatic carbocycles. The number of nitrogens with zero attached hydrogens (tertiary/aromatic N) is 2. The summed E-state index contributed by atoms with van der Waals surface area (Å²) < 4.78 is 7.12. The van der Waals surface area contributed by atoms with E-state index in [9.17, 15) is 4.79 Å². The van der Waals surface area contributed by atoms with E-state index in [4.69, 9.17) is 9.84 Å². The van der Waals surface area contributed by atoms with Gasteiger partial charge in [0.25, 0.3) is 0 Å². The summed E-state index contributed by atoms with van der Waals surface area (Å²) in [7, 11) is 1.62. The highest BCUT2D eigenvalue weighted by molar-refractivity contribution is 5.70. The predicted molar refractivity (Wildman–Crippen MR) is 83.1 cm³/mol. The number of hydrogen-bond donors (Lipinski definition) is 1. The molecule has 2 aromatic heterocycles. The summed E-state index contributed by atoms with van der Waals surface area (Å²) in [5, 5.41) is 8.97. The first-order valence-corrected chi connectivity index (χ1v) is 7.01. The number of imidazole rings is 1. The second-order valence-electron chi connectivity index (χ2n) is 4.96. The van der Waals surface area contributed by atoms with Crippen molar-refractivity contribution in [2.45, 2.75) is 12.8 Å². The third kappa shape index (κ3) is 2.65. The van der Waals surface area contributed by atoms with Crippen LogP contribution in [-0.4, -0.2) is 27.6 Å². The smallest absolute Gasteiger partial charge is 0.303 e. The van der Waals surface area contributed by atoms with E-state index in [-0.39, 0.29) is 6.42 Å². The number of pyridine rings is 1. The van der Waals surface area contributed by atoms with Crippen LogP contribution in [0.2, 0.25) is 0 Å². The molecular formula is C17H16N2O3. The molecule has 3 rings (SSSR count). The largest absolute Gasteiger partial charge is 0.497 e. The van der Waals surface area contributed by atoms with E-state index in [0.29, 0.717) is 6.42 Å². The highest BCUT2D eigenvalue weighted by Crippen LogP contribution is 2.27. The molecule has 0 amide bonds. The zero-order valence-corrected chi connectivity index (χ0v) is 12.2. The fraction of sp³-hybridized carbons (Fsp3) is 0.176. The molecule has 0 unspecified atom stereocenters. The molecule has 0 saturated carbocycles. The number of aliphatic carboxylic acids is 1. The fourth-order valence-electron chi connectivity index (χ4n) is 2.49. The molecule has 0 fully saturated rings. The van der Waals surface area contributed by atoms with Crippen LogP contribution in [0.1, 0.15) is 12.1 Å². The van der Waals surface area contributed by atoms with Crippen LogP contribution in [-0.2, 0) is 11.2 Å². The van der Waals surface area contributed by atoms with Crippen LogP contribution in [0, 0.1) is 0 Å². The van der Waals surface area contributed by atoms with Crippen molar-refractivity contribution in [3.63, 3.8) is 0 Å².